The van der Waals surface area contributed by atoms with Crippen molar-refractivity contribution in [3.05, 3.63) is 59.2 Å². The van der Waals surface area contributed by atoms with Gasteiger partial charge in [-0.15, -0.1) is 0 Å². The number of anilines is 2. The maximum atomic E-state index is 12.0. The largest absolute Gasteiger partial charge is 0.383 e. The van der Waals surface area contributed by atoms with Crippen LogP contribution in [0.2, 0.25) is 0 Å². The molecule has 0 bridgehead atoms. The molecule has 2 aromatic rings. The van der Waals surface area contributed by atoms with Crippen LogP contribution in [-0.2, 0) is 4.79 Å². The van der Waals surface area contributed by atoms with Crippen molar-refractivity contribution in [3.8, 4) is 6.07 Å². The molecule has 0 aliphatic carbocycles. The van der Waals surface area contributed by atoms with Crippen LogP contribution in [0.4, 0.5) is 11.4 Å². The van der Waals surface area contributed by atoms with E-state index in [0.29, 0.717) is 18.5 Å². The average molecular weight is 293 g/mol. The number of para-hydroxylation sites is 1. The normalized spacial score (nSPS) is 9.86. The van der Waals surface area contributed by atoms with Gasteiger partial charge in [0, 0.05) is 18.7 Å². The molecule has 4 heteroatoms. The van der Waals surface area contributed by atoms with Gasteiger partial charge in [-0.05, 0) is 49.2 Å². The van der Waals surface area contributed by atoms with Crippen LogP contribution in [0.15, 0.2) is 42.5 Å². The monoisotopic (exact) mass is 293 g/mol. The van der Waals surface area contributed by atoms with Crippen molar-refractivity contribution < 1.29 is 4.79 Å². The van der Waals surface area contributed by atoms with Crippen molar-refractivity contribution in [2.45, 2.75) is 20.3 Å². The van der Waals surface area contributed by atoms with Crippen LogP contribution in [0, 0.1) is 25.2 Å². The Morgan fingerprint density at radius 1 is 1.14 bits per heavy atom. The Kier molecular flexibility index (Phi) is 5.16. The maximum absolute atomic E-state index is 12.0. The predicted octanol–water partition coefficient (Wildman–Crippen LogP) is 3.62. The van der Waals surface area contributed by atoms with E-state index in [-0.39, 0.29) is 5.91 Å². The number of nitrogens with zero attached hydrogens (tertiary/aromatic N) is 1. The van der Waals surface area contributed by atoms with Gasteiger partial charge in [0.1, 0.15) is 6.07 Å². The Morgan fingerprint density at radius 3 is 2.50 bits per heavy atom. The van der Waals surface area contributed by atoms with Gasteiger partial charge < -0.3 is 10.6 Å². The highest BCUT2D eigenvalue weighted by Crippen LogP contribution is 2.15. The molecule has 1 amide bonds. The van der Waals surface area contributed by atoms with Crippen LogP contribution in [0.3, 0.4) is 0 Å². The van der Waals surface area contributed by atoms with E-state index in [0.717, 1.165) is 22.5 Å². The molecule has 2 aromatic carbocycles. The van der Waals surface area contributed by atoms with Gasteiger partial charge in [0.25, 0.3) is 0 Å². The van der Waals surface area contributed by atoms with Gasteiger partial charge in [-0.2, -0.15) is 5.26 Å². The number of nitrogens with one attached hydrogen (secondary N) is 2. The highest BCUT2D eigenvalue weighted by molar-refractivity contribution is 5.91. The van der Waals surface area contributed by atoms with Crippen LogP contribution in [0.1, 0.15) is 23.1 Å². The summed E-state index contributed by atoms with van der Waals surface area (Å²) in [7, 11) is 0. The van der Waals surface area contributed by atoms with E-state index in [1.54, 1.807) is 6.07 Å². The van der Waals surface area contributed by atoms with Gasteiger partial charge in [0.15, 0.2) is 0 Å². The summed E-state index contributed by atoms with van der Waals surface area (Å²) in [5, 5.41) is 15.0. The molecule has 2 N–H and O–H groups in total. The van der Waals surface area contributed by atoms with Crippen LogP contribution < -0.4 is 10.6 Å². The number of rotatable bonds is 5. The van der Waals surface area contributed by atoms with Crippen molar-refractivity contribution in [3.63, 3.8) is 0 Å². The summed E-state index contributed by atoms with van der Waals surface area (Å²) in [6.07, 6.45) is 0.340. The summed E-state index contributed by atoms with van der Waals surface area (Å²) < 4.78 is 0. The lowest BCUT2D eigenvalue weighted by molar-refractivity contribution is -0.115. The Morgan fingerprint density at radius 2 is 1.82 bits per heavy atom. The molecule has 22 heavy (non-hydrogen) atoms. The van der Waals surface area contributed by atoms with Crippen molar-refractivity contribution in [2.24, 2.45) is 0 Å². The summed E-state index contributed by atoms with van der Waals surface area (Å²) in [6, 6.07) is 15.3. The molecule has 0 atom stereocenters. The first kappa shape index (κ1) is 15.6. The predicted molar refractivity (Wildman–Crippen MR) is 88.8 cm³/mol. The van der Waals surface area contributed by atoms with Crippen LogP contribution >= 0.6 is 0 Å². The summed E-state index contributed by atoms with van der Waals surface area (Å²) in [5.74, 6) is -0.0491. The van der Waals surface area contributed by atoms with Crippen molar-refractivity contribution in [1.82, 2.24) is 0 Å². The lowest BCUT2D eigenvalue weighted by Crippen LogP contribution is -2.16. The number of amides is 1. The summed E-state index contributed by atoms with van der Waals surface area (Å²) >= 11 is 0. The number of carbonyl (C=O) groups excluding carboxylic acids is 1. The highest BCUT2D eigenvalue weighted by atomic mass is 16.1. The first-order valence-corrected chi connectivity index (χ1v) is 7.19. The Labute approximate surface area is 130 Å². The zero-order valence-electron chi connectivity index (χ0n) is 12.8. The lowest BCUT2D eigenvalue weighted by Gasteiger charge is -2.09. The molecule has 0 aliphatic heterocycles. The minimum atomic E-state index is -0.0491. The molecule has 4 nitrogen and oxygen atoms in total. The third kappa shape index (κ3) is 4.35. The quantitative estimate of drug-likeness (QED) is 0.885. The second-order valence-corrected chi connectivity index (χ2v) is 5.26. The molecule has 0 unspecified atom stereocenters. The van der Waals surface area contributed by atoms with E-state index in [2.05, 4.69) is 22.8 Å². The third-order valence-corrected chi connectivity index (χ3v) is 3.22. The van der Waals surface area contributed by atoms with Gasteiger partial charge >= 0.3 is 0 Å². The zero-order chi connectivity index (χ0) is 15.9. The number of nitriles is 1. The van der Waals surface area contributed by atoms with Gasteiger partial charge in [0.2, 0.25) is 5.91 Å². The van der Waals surface area contributed by atoms with Gasteiger partial charge in [-0.25, -0.2) is 0 Å². The fourth-order valence-electron chi connectivity index (χ4n) is 2.32. The summed E-state index contributed by atoms with van der Waals surface area (Å²) in [6.45, 7) is 4.49. The molecule has 0 spiro atoms. The lowest BCUT2D eigenvalue weighted by atomic mass is 10.1. The molecule has 0 saturated heterocycles. The summed E-state index contributed by atoms with van der Waals surface area (Å²) in [4.78, 5) is 12.0. The molecule has 0 heterocycles. The molecule has 2 rings (SSSR count). The molecule has 0 aliphatic rings. The highest BCUT2D eigenvalue weighted by Gasteiger charge is 2.05. The average Bonchev–Trinajstić information content (AvgIpc) is 2.46. The molecule has 0 fully saturated rings. The number of hydrogen-bond donors (Lipinski definition) is 2. The number of carbonyl (C=O) groups is 1. The van der Waals surface area contributed by atoms with E-state index in [4.69, 9.17) is 5.26 Å². The molecule has 112 valence electrons. The Balaban J connectivity index is 1.87. The van der Waals surface area contributed by atoms with Crippen molar-refractivity contribution >= 4 is 17.3 Å². The smallest absolute Gasteiger partial charge is 0.226 e. The van der Waals surface area contributed by atoms with E-state index >= 15 is 0 Å². The number of aryl methyl sites for hydroxylation is 2. The molecular weight excluding hydrogens is 274 g/mol. The van der Waals surface area contributed by atoms with E-state index in [9.17, 15) is 4.79 Å². The molecular formula is C18H19N3O. The minimum absolute atomic E-state index is 0.0491. The minimum Gasteiger partial charge on any atom is -0.383 e. The standard InChI is InChI=1S/C18H19N3O/c1-13-9-14(2)11-16(10-13)21-18(22)7-8-20-17-6-4-3-5-15(17)12-19/h3-6,9-11,20H,7-8H2,1-2H3,(H,21,22). The molecule has 0 aromatic heterocycles. The molecule has 0 saturated carbocycles. The Hall–Kier alpha value is -2.80. The van der Waals surface area contributed by atoms with E-state index in [1.165, 1.54) is 0 Å². The topological polar surface area (TPSA) is 64.9 Å². The first-order chi connectivity index (χ1) is 10.6. The SMILES string of the molecule is Cc1cc(C)cc(NC(=O)CCNc2ccccc2C#N)c1. The van der Waals surface area contributed by atoms with Gasteiger partial charge in [-0.3, -0.25) is 4.79 Å². The van der Waals surface area contributed by atoms with Crippen molar-refractivity contribution in [1.29, 1.82) is 5.26 Å². The van der Waals surface area contributed by atoms with Crippen molar-refractivity contribution in [2.75, 3.05) is 17.2 Å². The second kappa shape index (κ2) is 7.28. The van der Waals surface area contributed by atoms with Crippen LogP contribution in [0.25, 0.3) is 0 Å². The second-order valence-electron chi connectivity index (χ2n) is 5.26. The zero-order valence-corrected chi connectivity index (χ0v) is 12.8. The van der Waals surface area contributed by atoms with E-state index in [1.807, 2.05) is 44.2 Å². The summed E-state index contributed by atoms with van der Waals surface area (Å²) in [5.41, 5.74) is 4.40. The first-order valence-electron chi connectivity index (χ1n) is 7.19. The third-order valence-electron chi connectivity index (χ3n) is 3.22. The molecule has 0 radical (unpaired) electrons. The fraction of sp³-hybridized carbons (Fsp3) is 0.222. The number of benzene rings is 2. The maximum Gasteiger partial charge on any atom is 0.226 e. The van der Waals surface area contributed by atoms with Crippen LogP contribution in [0.5, 0.6) is 0 Å². The van der Waals surface area contributed by atoms with Gasteiger partial charge in [-0.1, -0.05) is 18.2 Å². The van der Waals surface area contributed by atoms with Crippen LogP contribution in [-0.4, -0.2) is 12.5 Å². The fourth-order valence-corrected chi connectivity index (χ4v) is 2.32. The Bertz CT molecular complexity index is 696. The van der Waals surface area contributed by atoms with Gasteiger partial charge in [0.05, 0.1) is 11.3 Å². The van der Waals surface area contributed by atoms with E-state index < -0.39 is 0 Å². The number of hydrogen-bond acceptors (Lipinski definition) is 3.